The Balaban J connectivity index is 2.50. The van der Waals surface area contributed by atoms with E-state index in [4.69, 9.17) is 4.55 Å². The van der Waals surface area contributed by atoms with E-state index in [1.807, 2.05) is 0 Å². The van der Waals surface area contributed by atoms with Crippen molar-refractivity contribution in [1.29, 1.82) is 0 Å². The zero-order valence-electron chi connectivity index (χ0n) is 5.90. The zero-order valence-corrected chi connectivity index (χ0v) is 6.71. The van der Waals surface area contributed by atoms with Crippen molar-refractivity contribution in [2.45, 2.75) is 19.0 Å². The van der Waals surface area contributed by atoms with E-state index in [1.165, 1.54) is 4.31 Å². The van der Waals surface area contributed by atoms with E-state index >= 15 is 0 Å². The van der Waals surface area contributed by atoms with Gasteiger partial charge in [-0.15, -0.1) is 0 Å². The lowest BCUT2D eigenvalue weighted by atomic mass is 10.3. The van der Waals surface area contributed by atoms with Crippen molar-refractivity contribution in [3.05, 3.63) is 0 Å². The van der Waals surface area contributed by atoms with Gasteiger partial charge in [0.05, 0.1) is 6.17 Å². The van der Waals surface area contributed by atoms with Gasteiger partial charge in [0.15, 0.2) is 0 Å². The fourth-order valence-electron chi connectivity index (χ4n) is 1.17. The third kappa shape index (κ3) is 1.98. The van der Waals surface area contributed by atoms with Crippen LogP contribution in [-0.2, 0) is 16.1 Å². The first-order chi connectivity index (χ1) is 5.25. The molecule has 64 valence electrons. The quantitative estimate of drug-likeness (QED) is 0.443. The molecule has 1 aliphatic heterocycles. The Hall–Kier alpha value is -0.460. The minimum Gasteiger partial charge on any atom is -0.342 e. The molecule has 1 heterocycles. The first-order valence-electron chi connectivity index (χ1n) is 3.33. The average molecular weight is 178 g/mol. The summed E-state index contributed by atoms with van der Waals surface area (Å²) < 4.78 is 20.6. The molecule has 5 nitrogen and oxygen atoms in total. The summed E-state index contributed by atoms with van der Waals surface area (Å²) >= 11 is -1.96. The van der Waals surface area contributed by atoms with Crippen LogP contribution in [0.2, 0.25) is 0 Å². The van der Waals surface area contributed by atoms with Crippen LogP contribution in [0.4, 0.5) is 0 Å². The second kappa shape index (κ2) is 3.80. The molecule has 0 saturated carbocycles. The highest BCUT2D eigenvalue weighted by Gasteiger charge is 2.27. The number of hydrogen-bond donors (Lipinski definition) is 2. The topological polar surface area (TPSA) is 69.6 Å². The van der Waals surface area contributed by atoms with Crippen molar-refractivity contribution < 1.29 is 13.6 Å². The summed E-state index contributed by atoms with van der Waals surface area (Å²) in [4.78, 5) is 10.0. The van der Waals surface area contributed by atoms with Gasteiger partial charge in [0, 0.05) is 6.54 Å². The van der Waals surface area contributed by atoms with Crippen LogP contribution in [0.15, 0.2) is 0 Å². The summed E-state index contributed by atoms with van der Waals surface area (Å²) in [5.74, 6) is 0. The van der Waals surface area contributed by atoms with Gasteiger partial charge in [0.25, 0.3) is 0 Å². The maximum Gasteiger partial charge on any atom is 0.236 e. The van der Waals surface area contributed by atoms with Crippen LogP contribution in [0, 0.1) is 0 Å². The number of nitrogens with one attached hydrogen (secondary N) is 1. The molecule has 1 fully saturated rings. The fraction of sp³-hybridized carbons (Fsp3) is 0.800. The lowest BCUT2D eigenvalue weighted by molar-refractivity contribution is -0.110. The second-order valence-corrected chi connectivity index (χ2v) is 3.24. The van der Waals surface area contributed by atoms with E-state index in [0.717, 1.165) is 12.8 Å². The number of carbonyl (C=O) groups is 1. The van der Waals surface area contributed by atoms with Crippen LogP contribution in [0.5, 0.6) is 0 Å². The summed E-state index contributed by atoms with van der Waals surface area (Å²) in [5, 5.41) is 2.47. The Kier molecular flexibility index (Phi) is 2.98. The predicted molar refractivity (Wildman–Crippen MR) is 39.7 cm³/mol. The van der Waals surface area contributed by atoms with Crippen molar-refractivity contribution in [2.75, 3.05) is 6.54 Å². The maximum absolute atomic E-state index is 10.6. The molecule has 11 heavy (non-hydrogen) atoms. The second-order valence-electron chi connectivity index (χ2n) is 2.31. The molecule has 2 N–H and O–H groups in total. The molecule has 0 aromatic heterocycles. The monoisotopic (exact) mass is 178 g/mol. The predicted octanol–water partition coefficient (Wildman–Crippen LogP) is -0.709. The lowest BCUT2D eigenvalue weighted by Crippen LogP contribution is -2.41. The van der Waals surface area contributed by atoms with Gasteiger partial charge in [-0.05, 0) is 12.8 Å². The van der Waals surface area contributed by atoms with Crippen LogP contribution < -0.4 is 5.32 Å². The highest BCUT2D eigenvalue weighted by molar-refractivity contribution is 7.76. The Morgan fingerprint density at radius 3 is 3.00 bits per heavy atom. The minimum absolute atomic E-state index is 0.265. The van der Waals surface area contributed by atoms with Gasteiger partial charge < -0.3 is 5.32 Å². The van der Waals surface area contributed by atoms with Crippen molar-refractivity contribution in [3.63, 3.8) is 0 Å². The SMILES string of the molecule is O=CNC1CCCN1S(=O)O. The van der Waals surface area contributed by atoms with Crippen LogP contribution >= 0.6 is 0 Å². The molecule has 0 bridgehead atoms. The molecular formula is C5H10N2O3S. The third-order valence-corrected chi connectivity index (χ3v) is 2.50. The summed E-state index contributed by atoms with van der Waals surface area (Å²) in [6, 6.07) is 0. The number of rotatable bonds is 3. The van der Waals surface area contributed by atoms with Crippen LogP contribution in [-0.4, -0.2) is 32.2 Å². The molecule has 0 aliphatic carbocycles. The molecule has 1 rings (SSSR count). The van der Waals surface area contributed by atoms with Crippen molar-refractivity contribution in [1.82, 2.24) is 9.62 Å². The molecule has 1 aliphatic rings. The number of nitrogens with zero attached hydrogens (tertiary/aromatic N) is 1. The smallest absolute Gasteiger partial charge is 0.236 e. The van der Waals surface area contributed by atoms with Gasteiger partial charge >= 0.3 is 0 Å². The molecule has 0 aromatic carbocycles. The van der Waals surface area contributed by atoms with Gasteiger partial charge in [-0.1, -0.05) is 0 Å². The van der Waals surface area contributed by atoms with Crippen LogP contribution in [0.25, 0.3) is 0 Å². The van der Waals surface area contributed by atoms with E-state index < -0.39 is 11.3 Å². The molecule has 0 spiro atoms. The van der Waals surface area contributed by atoms with Gasteiger partial charge in [-0.25, -0.2) is 4.21 Å². The Morgan fingerprint density at radius 2 is 2.45 bits per heavy atom. The molecule has 6 heteroatoms. The Morgan fingerprint density at radius 1 is 1.73 bits per heavy atom. The number of carbonyl (C=O) groups excluding carboxylic acids is 1. The molecular weight excluding hydrogens is 168 g/mol. The summed E-state index contributed by atoms with van der Waals surface area (Å²) in [5.41, 5.74) is 0. The maximum atomic E-state index is 10.6. The van der Waals surface area contributed by atoms with E-state index in [2.05, 4.69) is 5.32 Å². The fourth-order valence-corrected chi connectivity index (χ4v) is 1.84. The minimum atomic E-state index is -1.96. The van der Waals surface area contributed by atoms with E-state index in [-0.39, 0.29) is 6.17 Å². The molecule has 0 aromatic rings. The number of hydrogen-bond acceptors (Lipinski definition) is 2. The molecule has 2 unspecified atom stereocenters. The van der Waals surface area contributed by atoms with E-state index in [0.29, 0.717) is 13.0 Å². The van der Waals surface area contributed by atoms with Crippen LogP contribution in [0.3, 0.4) is 0 Å². The van der Waals surface area contributed by atoms with Crippen molar-refractivity contribution in [3.8, 4) is 0 Å². The number of amides is 1. The first-order valence-corrected chi connectivity index (χ1v) is 4.39. The van der Waals surface area contributed by atoms with Crippen molar-refractivity contribution in [2.24, 2.45) is 0 Å². The largest absolute Gasteiger partial charge is 0.342 e. The Labute approximate surface area is 67.2 Å². The summed E-state index contributed by atoms with van der Waals surface area (Å²) in [6.45, 7) is 0.564. The summed E-state index contributed by atoms with van der Waals surface area (Å²) in [6.07, 6.45) is 1.87. The highest BCUT2D eigenvalue weighted by Crippen LogP contribution is 2.15. The molecule has 1 saturated heterocycles. The standard InChI is InChI=1S/C5H10N2O3S/c8-4-6-5-2-1-3-7(5)11(9)10/h4-5H,1-3H2,(H,6,8)(H,9,10). The molecule has 0 radical (unpaired) electrons. The average Bonchev–Trinajstić information content (AvgIpc) is 2.36. The highest BCUT2D eigenvalue weighted by atomic mass is 32.2. The van der Waals surface area contributed by atoms with Gasteiger partial charge in [-0.3, -0.25) is 9.35 Å². The lowest BCUT2D eigenvalue weighted by Gasteiger charge is -2.18. The van der Waals surface area contributed by atoms with Crippen molar-refractivity contribution >= 4 is 17.7 Å². The molecule has 2 atom stereocenters. The third-order valence-electron chi connectivity index (χ3n) is 1.66. The summed E-state index contributed by atoms with van der Waals surface area (Å²) in [7, 11) is 0. The van der Waals surface area contributed by atoms with E-state index in [9.17, 15) is 9.00 Å². The zero-order chi connectivity index (χ0) is 8.27. The Bertz CT molecular complexity index is 175. The van der Waals surface area contributed by atoms with Gasteiger partial charge in [0.1, 0.15) is 0 Å². The normalized spacial score (nSPS) is 28.3. The van der Waals surface area contributed by atoms with Gasteiger partial charge in [-0.2, -0.15) is 4.31 Å². The first kappa shape index (κ1) is 8.63. The van der Waals surface area contributed by atoms with Gasteiger partial charge in [0.2, 0.25) is 17.7 Å². The molecule has 1 amide bonds. The van der Waals surface area contributed by atoms with E-state index in [1.54, 1.807) is 0 Å². The van der Waals surface area contributed by atoms with Crippen LogP contribution in [0.1, 0.15) is 12.8 Å².